The number of benzene rings is 1. The quantitative estimate of drug-likeness (QED) is 0.786. The van der Waals surface area contributed by atoms with Crippen molar-refractivity contribution in [1.29, 1.82) is 0 Å². The van der Waals surface area contributed by atoms with Crippen molar-refractivity contribution in [3.05, 3.63) is 29.8 Å². The molecule has 7 heteroatoms. The number of hydrogen-bond acceptors (Lipinski definition) is 3. The van der Waals surface area contributed by atoms with Crippen molar-refractivity contribution >= 4 is 23.6 Å². The second-order valence-corrected chi connectivity index (χ2v) is 4.95. The number of carbonyl (C=O) groups is 2. The molecular weight excluding hydrogens is 276 g/mol. The van der Waals surface area contributed by atoms with E-state index < -0.39 is 29.6 Å². The van der Waals surface area contributed by atoms with E-state index in [0.29, 0.717) is 0 Å². The molecule has 0 fully saturated rings. The number of carbonyl (C=O) groups excluding carboxylic acids is 1. The van der Waals surface area contributed by atoms with E-state index in [4.69, 9.17) is 5.11 Å². The van der Waals surface area contributed by atoms with E-state index in [1.54, 1.807) is 6.92 Å². The van der Waals surface area contributed by atoms with Gasteiger partial charge in [-0.3, -0.25) is 9.59 Å². The Labute approximate surface area is 113 Å². The maximum atomic E-state index is 13.3. The second kappa shape index (κ2) is 7.08. The fourth-order valence-corrected chi connectivity index (χ4v) is 2.10. The van der Waals surface area contributed by atoms with Crippen LogP contribution in [0.4, 0.5) is 8.78 Å². The van der Waals surface area contributed by atoms with Crippen LogP contribution in [0.2, 0.25) is 0 Å². The van der Waals surface area contributed by atoms with E-state index in [0.717, 1.165) is 23.9 Å². The Kier molecular flexibility index (Phi) is 5.75. The molecule has 0 aliphatic rings. The lowest BCUT2D eigenvalue weighted by molar-refractivity contribution is -0.137. The Balaban J connectivity index is 2.43. The molecule has 0 heterocycles. The van der Waals surface area contributed by atoms with Crippen LogP contribution >= 0.6 is 11.8 Å². The number of hydrogen-bond donors (Lipinski definition) is 2. The molecule has 0 saturated carbocycles. The molecule has 1 unspecified atom stereocenters. The molecule has 4 nitrogen and oxygen atoms in total. The van der Waals surface area contributed by atoms with Gasteiger partial charge in [0, 0.05) is 17.0 Å². The third kappa shape index (κ3) is 5.69. The third-order valence-corrected chi connectivity index (χ3v) is 3.19. The van der Waals surface area contributed by atoms with Crippen molar-refractivity contribution in [3.63, 3.8) is 0 Å². The van der Waals surface area contributed by atoms with Crippen molar-refractivity contribution in [2.75, 3.05) is 5.75 Å². The van der Waals surface area contributed by atoms with E-state index in [1.807, 2.05) is 0 Å². The normalized spacial score (nSPS) is 11.9. The van der Waals surface area contributed by atoms with Gasteiger partial charge in [0.15, 0.2) is 0 Å². The van der Waals surface area contributed by atoms with Gasteiger partial charge in [-0.1, -0.05) is 0 Å². The number of aliphatic carboxylic acids is 1. The minimum absolute atomic E-state index is 0.0630. The lowest BCUT2D eigenvalue weighted by Gasteiger charge is -2.11. The van der Waals surface area contributed by atoms with Crippen molar-refractivity contribution in [1.82, 2.24) is 5.32 Å². The van der Waals surface area contributed by atoms with Crippen molar-refractivity contribution in [2.45, 2.75) is 24.3 Å². The number of halogens is 2. The van der Waals surface area contributed by atoms with Gasteiger partial charge in [-0.25, -0.2) is 8.78 Å². The number of thioether (sulfide) groups is 1. The van der Waals surface area contributed by atoms with E-state index >= 15 is 0 Å². The maximum Gasteiger partial charge on any atom is 0.305 e. The van der Waals surface area contributed by atoms with Gasteiger partial charge in [0.1, 0.15) is 11.6 Å². The van der Waals surface area contributed by atoms with E-state index in [2.05, 4.69) is 5.32 Å². The number of carboxylic acids is 1. The summed E-state index contributed by atoms with van der Waals surface area (Å²) in [4.78, 5) is 22.0. The molecule has 19 heavy (non-hydrogen) atoms. The van der Waals surface area contributed by atoms with Crippen LogP contribution in [0.3, 0.4) is 0 Å². The van der Waals surface area contributed by atoms with E-state index in [-0.39, 0.29) is 17.1 Å². The first kappa shape index (κ1) is 15.4. The summed E-state index contributed by atoms with van der Waals surface area (Å²) in [6.07, 6.45) is -0.179. The molecule has 0 radical (unpaired) electrons. The average Bonchev–Trinajstić information content (AvgIpc) is 2.26. The van der Waals surface area contributed by atoms with Crippen molar-refractivity contribution in [2.24, 2.45) is 0 Å². The number of nitrogens with one attached hydrogen (secondary N) is 1. The minimum Gasteiger partial charge on any atom is -0.481 e. The molecule has 1 amide bonds. The lowest BCUT2D eigenvalue weighted by atomic mass is 10.2. The second-order valence-electron chi connectivity index (χ2n) is 3.93. The first-order valence-electron chi connectivity index (χ1n) is 5.47. The summed E-state index contributed by atoms with van der Waals surface area (Å²) in [5.41, 5.74) is 0. The molecule has 1 rings (SSSR count). The van der Waals surface area contributed by atoms with Crippen LogP contribution in [0, 0.1) is 11.6 Å². The van der Waals surface area contributed by atoms with Gasteiger partial charge >= 0.3 is 5.97 Å². The van der Waals surface area contributed by atoms with Gasteiger partial charge in [0.05, 0.1) is 12.2 Å². The molecule has 0 aliphatic heterocycles. The fourth-order valence-electron chi connectivity index (χ4n) is 1.37. The molecule has 0 saturated heterocycles. The molecule has 2 N–H and O–H groups in total. The number of amides is 1. The molecule has 1 aromatic carbocycles. The van der Waals surface area contributed by atoms with Crippen LogP contribution in [0.25, 0.3) is 0 Å². The molecule has 0 aromatic heterocycles. The standard InChI is InChI=1S/C12H13F2NO3S/c1-7(4-12(17)18)15-11(16)6-19-10-3-2-8(13)5-9(10)14/h2-3,5,7H,4,6H2,1H3,(H,15,16)(H,17,18). The summed E-state index contributed by atoms with van der Waals surface area (Å²) >= 11 is 0.924. The van der Waals surface area contributed by atoms with Crippen LogP contribution in [-0.2, 0) is 9.59 Å². The van der Waals surface area contributed by atoms with E-state index in [9.17, 15) is 18.4 Å². The molecule has 0 aliphatic carbocycles. The maximum absolute atomic E-state index is 13.3. The largest absolute Gasteiger partial charge is 0.481 e. The summed E-state index contributed by atoms with van der Waals surface area (Å²) < 4.78 is 25.9. The highest BCUT2D eigenvalue weighted by atomic mass is 32.2. The topological polar surface area (TPSA) is 66.4 Å². The Hall–Kier alpha value is -1.63. The smallest absolute Gasteiger partial charge is 0.305 e. The van der Waals surface area contributed by atoms with Gasteiger partial charge in [0.25, 0.3) is 0 Å². The summed E-state index contributed by atoms with van der Waals surface area (Å²) in [5.74, 6) is -2.88. The fraction of sp³-hybridized carbons (Fsp3) is 0.333. The molecule has 104 valence electrons. The zero-order valence-corrected chi connectivity index (χ0v) is 11.0. The molecule has 0 spiro atoms. The SMILES string of the molecule is CC(CC(=O)O)NC(=O)CSc1ccc(F)cc1F. The third-order valence-electron chi connectivity index (χ3n) is 2.14. The van der Waals surface area contributed by atoms with Crippen molar-refractivity contribution < 1.29 is 23.5 Å². The van der Waals surface area contributed by atoms with Crippen LogP contribution in [0.15, 0.2) is 23.1 Å². The Bertz CT molecular complexity index is 482. The summed E-state index contributed by atoms with van der Waals surface area (Å²) in [5, 5.41) is 11.0. The Morgan fingerprint density at radius 1 is 1.42 bits per heavy atom. The Morgan fingerprint density at radius 2 is 2.11 bits per heavy atom. The molecular formula is C12H13F2NO3S. The Morgan fingerprint density at radius 3 is 2.68 bits per heavy atom. The monoisotopic (exact) mass is 289 g/mol. The number of carboxylic acid groups (broad SMARTS) is 1. The zero-order valence-electron chi connectivity index (χ0n) is 10.2. The van der Waals surface area contributed by atoms with Gasteiger partial charge in [-0.2, -0.15) is 0 Å². The predicted molar refractivity (Wildman–Crippen MR) is 66.9 cm³/mol. The lowest BCUT2D eigenvalue weighted by Crippen LogP contribution is -2.35. The van der Waals surface area contributed by atoms with E-state index in [1.165, 1.54) is 6.07 Å². The highest BCUT2D eigenvalue weighted by Gasteiger charge is 2.12. The highest BCUT2D eigenvalue weighted by Crippen LogP contribution is 2.21. The highest BCUT2D eigenvalue weighted by molar-refractivity contribution is 8.00. The van der Waals surface area contributed by atoms with Gasteiger partial charge in [-0.05, 0) is 19.1 Å². The van der Waals surface area contributed by atoms with Crippen molar-refractivity contribution in [3.8, 4) is 0 Å². The summed E-state index contributed by atoms with van der Waals surface area (Å²) in [6.45, 7) is 1.56. The van der Waals surface area contributed by atoms with Gasteiger partial charge in [0.2, 0.25) is 5.91 Å². The summed E-state index contributed by atoms with van der Waals surface area (Å²) in [6, 6.07) is 2.61. The van der Waals surface area contributed by atoms with Crippen LogP contribution in [0.5, 0.6) is 0 Å². The average molecular weight is 289 g/mol. The predicted octanol–water partition coefficient (Wildman–Crippen LogP) is 2.04. The zero-order chi connectivity index (χ0) is 14.4. The van der Waals surface area contributed by atoms with Crippen LogP contribution < -0.4 is 5.32 Å². The number of rotatable bonds is 6. The molecule has 0 bridgehead atoms. The van der Waals surface area contributed by atoms with Crippen LogP contribution in [-0.4, -0.2) is 28.8 Å². The van der Waals surface area contributed by atoms with Crippen LogP contribution in [0.1, 0.15) is 13.3 Å². The first-order valence-corrected chi connectivity index (χ1v) is 6.46. The summed E-state index contributed by atoms with van der Waals surface area (Å²) in [7, 11) is 0. The van der Waals surface area contributed by atoms with Gasteiger partial charge in [-0.15, -0.1) is 11.8 Å². The minimum atomic E-state index is -1.01. The van der Waals surface area contributed by atoms with Gasteiger partial charge < -0.3 is 10.4 Å². The first-order chi connectivity index (χ1) is 8.88. The molecule has 1 atom stereocenters. The molecule has 1 aromatic rings.